The average Bonchev–Trinajstić information content (AvgIpc) is 2.33. The number of hydrogen-bond acceptors (Lipinski definition) is 2. The Labute approximate surface area is 107 Å². The Morgan fingerprint density at radius 1 is 1.22 bits per heavy atom. The predicted molar refractivity (Wildman–Crippen MR) is 65.2 cm³/mol. The molecule has 2 N–H and O–H groups in total. The number of nitrogens with two attached hydrogens (primary N) is 1. The minimum Gasteiger partial charge on any atom is -0.372 e. The molecule has 0 aliphatic heterocycles. The molecule has 0 aromatic carbocycles. The van der Waals surface area contributed by atoms with Crippen molar-refractivity contribution in [1.82, 2.24) is 0 Å². The molecule has 108 valence electrons. The van der Waals surface area contributed by atoms with Gasteiger partial charge in [-0.05, 0) is 31.1 Å². The van der Waals surface area contributed by atoms with Crippen molar-refractivity contribution < 1.29 is 17.9 Å². The Morgan fingerprint density at radius 3 is 2.33 bits per heavy atom. The summed E-state index contributed by atoms with van der Waals surface area (Å²) < 4.78 is 40.2. The van der Waals surface area contributed by atoms with Gasteiger partial charge in [0.25, 0.3) is 0 Å². The molecule has 1 rings (SSSR count). The summed E-state index contributed by atoms with van der Waals surface area (Å²) in [6.07, 6.45) is 2.14. The van der Waals surface area contributed by atoms with Gasteiger partial charge in [0.1, 0.15) is 6.61 Å². The van der Waals surface area contributed by atoms with Crippen LogP contribution in [0.25, 0.3) is 0 Å². The summed E-state index contributed by atoms with van der Waals surface area (Å²) in [6.45, 7) is 1.15. The van der Waals surface area contributed by atoms with E-state index in [1.54, 1.807) is 0 Å². The Kier molecular flexibility index (Phi) is 6.43. The molecule has 1 aliphatic carbocycles. The van der Waals surface area contributed by atoms with E-state index in [-0.39, 0.29) is 12.6 Å². The molecular weight excluding hydrogens is 243 g/mol. The molecule has 0 saturated heterocycles. The van der Waals surface area contributed by atoms with Crippen LogP contribution in [0, 0.1) is 11.8 Å². The van der Waals surface area contributed by atoms with Gasteiger partial charge in [-0.1, -0.05) is 26.2 Å². The molecule has 5 heteroatoms. The van der Waals surface area contributed by atoms with Crippen molar-refractivity contribution in [2.45, 2.75) is 57.7 Å². The lowest BCUT2D eigenvalue weighted by atomic mass is 9.77. The highest BCUT2D eigenvalue weighted by atomic mass is 19.4. The second-order valence-electron chi connectivity index (χ2n) is 5.31. The van der Waals surface area contributed by atoms with Crippen molar-refractivity contribution in [3.8, 4) is 0 Å². The monoisotopic (exact) mass is 267 g/mol. The van der Waals surface area contributed by atoms with Crippen molar-refractivity contribution in [2.75, 3.05) is 13.2 Å². The largest absolute Gasteiger partial charge is 0.411 e. The first-order chi connectivity index (χ1) is 8.42. The van der Waals surface area contributed by atoms with Gasteiger partial charge in [0.05, 0.1) is 0 Å². The molecule has 0 radical (unpaired) electrons. The average molecular weight is 267 g/mol. The summed E-state index contributed by atoms with van der Waals surface area (Å²) in [6, 6.07) is -0.0176. The van der Waals surface area contributed by atoms with E-state index in [0.717, 1.165) is 18.8 Å². The highest BCUT2D eigenvalue weighted by molar-refractivity contribution is 4.79. The number of hydrogen-bond donors (Lipinski definition) is 1. The lowest BCUT2D eigenvalue weighted by molar-refractivity contribution is -0.174. The summed E-state index contributed by atoms with van der Waals surface area (Å²) in [5.41, 5.74) is 6.02. The number of halogens is 3. The van der Waals surface area contributed by atoms with Gasteiger partial charge in [-0.25, -0.2) is 0 Å². The van der Waals surface area contributed by atoms with Crippen molar-refractivity contribution in [2.24, 2.45) is 17.6 Å². The third-order valence-electron chi connectivity index (χ3n) is 3.94. The van der Waals surface area contributed by atoms with Gasteiger partial charge in [0.2, 0.25) is 0 Å². The molecule has 1 aliphatic rings. The van der Waals surface area contributed by atoms with E-state index in [1.807, 2.05) is 0 Å². The highest BCUT2D eigenvalue weighted by Crippen LogP contribution is 2.32. The fourth-order valence-electron chi connectivity index (χ4n) is 2.67. The minimum absolute atomic E-state index is 0.0176. The number of alkyl halides is 3. The van der Waals surface area contributed by atoms with Gasteiger partial charge in [-0.15, -0.1) is 0 Å². The summed E-state index contributed by atoms with van der Waals surface area (Å²) in [7, 11) is 0. The summed E-state index contributed by atoms with van der Waals surface area (Å²) in [5, 5.41) is 0. The van der Waals surface area contributed by atoms with Gasteiger partial charge >= 0.3 is 6.18 Å². The number of ether oxygens (including phenoxy) is 1. The van der Waals surface area contributed by atoms with Crippen LogP contribution in [0.5, 0.6) is 0 Å². The van der Waals surface area contributed by atoms with E-state index in [9.17, 15) is 13.2 Å². The maximum absolute atomic E-state index is 11.9. The van der Waals surface area contributed by atoms with Crippen LogP contribution in [0.1, 0.15) is 45.4 Å². The first-order valence-corrected chi connectivity index (χ1v) is 6.82. The van der Waals surface area contributed by atoms with Gasteiger partial charge in [0.15, 0.2) is 0 Å². The molecule has 1 atom stereocenters. The third-order valence-corrected chi connectivity index (χ3v) is 3.94. The summed E-state index contributed by atoms with van der Waals surface area (Å²) >= 11 is 0. The standard InChI is InChI=1S/C13H24F3NO/c1-2-10-3-5-11(6-4-10)12(17)7-8-18-9-13(14,15)16/h10-12H,2-9,17H2,1H3. The zero-order valence-corrected chi connectivity index (χ0v) is 11.0. The SMILES string of the molecule is CCC1CCC(C(N)CCOCC(F)(F)F)CC1. The normalized spacial score (nSPS) is 27.2. The molecule has 2 nitrogen and oxygen atoms in total. The van der Waals surface area contributed by atoms with Crippen LogP contribution in [0.2, 0.25) is 0 Å². The van der Waals surface area contributed by atoms with E-state index in [4.69, 9.17) is 5.73 Å². The molecule has 1 unspecified atom stereocenters. The number of rotatable bonds is 6. The van der Waals surface area contributed by atoms with Crippen LogP contribution in [0.15, 0.2) is 0 Å². The Hall–Kier alpha value is -0.290. The lowest BCUT2D eigenvalue weighted by Crippen LogP contribution is -2.34. The molecule has 0 heterocycles. The first-order valence-electron chi connectivity index (χ1n) is 6.82. The van der Waals surface area contributed by atoms with Crippen molar-refractivity contribution in [3.63, 3.8) is 0 Å². The van der Waals surface area contributed by atoms with Gasteiger partial charge in [-0.3, -0.25) is 0 Å². The van der Waals surface area contributed by atoms with Gasteiger partial charge < -0.3 is 10.5 Å². The van der Waals surface area contributed by atoms with E-state index in [0.29, 0.717) is 12.3 Å². The molecule has 1 fully saturated rings. The van der Waals surface area contributed by atoms with E-state index < -0.39 is 12.8 Å². The minimum atomic E-state index is -4.23. The summed E-state index contributed by atoms with van der Waals surface area (Å²) in [5.74, 6) is 1.28. The molecule has 18 heavy (non-hydrogen) atoms. The second-order valence-corrected chi connectivity index (χ2v) is 5.31. The third kappa shape index (κ3) is 6.05. The zero-order chi connectivity index (χ0) is 13.6. The Bertz CT molecular complexity index is 225. The van der Waals surface area contributed by atoms with E-state index in [1.165, 1.54) is 19.3 Å². The van der Waals surface area contributed by atoms with Crippen LogP contribution in [-0.2, 0) is 4.74 Å². The van der Waals surface area contributed by atoms with Crippen LogP contribution >= 0.6 is 0 Å². The molecule has 0 spiro atoms. The topological polar surface area (TPSA) is 35.2 Å². The summed E-state index contributed by atoms with van der Waals surface area (Å²) in [4.78, 5) is 0. The van der Waals surface area contributed by atoms with Gasteiger partial charge in [0, 0.05) is 12.6 Å². The Balaban J connectivity index is 2.12. The lowest BCUT2D eigenvalue weighted by Gasteiger charge is -2.31. The predicted octanol–water partition coefficient (Wildman–Crippen LogP) is 3.50. The van der Waals surface area contributed by atoms with E-state index >= 15 is 0 Å². The van der Waals surface area contributed by atoms with Crippen molar-refractivity contribution in [1.29, 1.82) is 0 Å². The molecule has 1 saturated carbocycles. The molecule has 0 amide bonds. The van der Waals surface area contributed by atoms with Crippen LogP contribution < -0.4 is 5.73 Å². The van der Waals surface area contributed by atoms with Crippen LogP contribution in [0.3, 0.4) is 0 Å². The maximum atomic E-state index is 11.9. The molecular formula is C13H24F3NO. The second kappa shape index (κ2) is 7.34. The van der Waals surface area contributed by atoms with Crippen LogP contribution in [-0.4, -0.2) is 25.4 Å². The fraction of sp³-hybridized carbons (Fsp3) is 1.00. The van der Waals surface area contributed by atoms with Crippen molar-refractivity contribution in [3.05, 3.63) is 0 Å². The zero-order valence-electron chi connectivity index (χ0n) is 11.0. The quantitative estimate of drug-likeness (QED) is 0.748. The Morgan fingerprint density at radius 2 is 1.83 bits per heavy atom. The highest BCUT2D eigenvalue weighted by Gasteiger charge is 2.28. The van der Waals surface area contributed by atoms with Gasteiger partial charge in [-0.2, -0.15) is 13.2 Å². The molecule has 0 aromatic rings. The molecule has 0 bridgehead atoms. The van der Waals surface area contributed by atoms with E-state index in [2.05, 4.69) is 11.7 Å². The smallest absolute Gasteiger partial charge is 0.372 e. The molecule has 0 aromatic heterocycles. The fourth-order valence-corrected chi connectivity index (χ4v) is 2.67. The maximum Gasteiger partial charge on any atom is 0.411 e. The van der Waals surface area contributed by atoms with Crippen LogP contribution in [0.4, 0.5) is 13.2 Å². The first kappa shape index (κ1) is 15.8. The van der Waals surface area contributed by atoms with Crippen molar-refractivity contribution >= 4 is 0 Å².